The molecular formula is C11H10F2N2O2. The first-order valence-corrected chi connectivity index (χ1v) is 5.08. The molecular weight excluding hydrogens is 230 g/mol. The Bertz CT molecular complexity index is 447. The maximum absolute atomic E-state index is 12.7. The third-order valence-corrected chi connectivity index (χ3v) is 2.61. The number of amides is 2. The fourth-order valence-corrected chi connectivity index (χ4v) is 1.72. The molecule has 1 aromatic carbocycles. The Balaban J connectivity index is 2.12. The summed E-state index contributed by atoms with van der Waals surface area (Å²) in [5, 5.41) is 0. The van der Waals surface area contributed by atoms with Gasteiger partial charge in [-0.1, -0.05) is 0 Å². The van der Waals surface area contributed by atoms with Gasteiger partial charge < -0.3 is 9.80 Å². The number of rotatable bonds is 1. The van der Waals surface area contributed by atoms with E-state index in [0.29, 0.717) is 5.69 Å². The lowest BCUT2D eigenvalue weighted by Crippen LogP contribution is -2.51. The maximum atomic E-state index is 12.7. The minimum Gasteiger partial charge on any atom is -0.309 e. The van der Waals surface area contributed by atoms with Crippen LogP contribution in [-0.4, -0.2) is 36.6 Å². The zero-order valence-corrected chi connectivity index (χ0v) is 8.90. The SMILES string of the molecule is O=C(F)N1CCN(c2ccc(F)cc2)C(=O)C1. The summed E-state index contributed by atoms with van der Waals surface area (Å²) < 4.78 is 25.1. The number of benzene rings is 1. The van der Waals surface area contributed by atoms with E-state index in [1.807, 2.05) is 0 Å². The van der Waals surface area contributed by atoms with Crippen LogP contribution in [-0.2, 0) is 4.79 Å². The first-order chi connectivity index (χ1) is 8.08. The zero-order valence-electron chi connectivity index (χ0n) is 8.90. The summed E-state index contributed by atoms with van der Waals surface area (Å²) in [5.74, 6) is -0.771. The number of carbonyl (C=O) groups excluding carboxylic acids is 2. The molecule has 0 aromatic heterocycles. The third-order valence-electron chi connectivity index (χ3n) is 2.61. The molecule has 1 aliphatic heterocycles. The summed E-state index contributed by atoms with van der Waals surface area (Å²) in [6, 6.07) is 5.44. The van der Waals surface area contributed by atoms with Gasteiger partial charge in [-0.2, -0.15) is 0 Å². The van der Waals surface area contributed by atoms with E-state index >= 15 is 0 Å². The predicted molar refractivity (Wildman–Crippen MR) is 56.8 cm³/mol. The van der Waals surface area contributed by atoms with Gasteiger partial charge in [0.1, 0.15) is 12.4 Å². The largest absolute Gasteiger partial charge is 0.400 e. The number of hydrogen-bond acceptors (Lipinski definition) is 2. The Kier molecular flexibility index (Phi) is 3.03. The van der Waals surface area contributed by atoms with Gasteiger partial charge in [0.25, 0.3) is 0 Å². The molecule has 90 valence electrons. The van der Waals surface area contributed by atoms with Crippen LogP contribution in [0.1, 0.15) is 0 Å². The van der Waals surface area contributed by atoms with E-state index in [2.05, 4.69) is 0 Å². The molecule has 0 unspecified atom stereocenters. The second kappa shape index (κ2) is 4.48. The van der Waals surface area contributed by atoms with Crippen LogP contribution in [0.4, 0.5) is 19.3 Å². The van der Waals surface area contributed by atoms with Crippen molar-refractivity contribution in [2.45, 2.75) is 0 Å². The van der Waals surface area contributed by atoms with Crippen molar-refractivity contribution in [2.75, 3.05) is 24.5 Å². The van der Waals surface area contributed by atoms with Crippen molar-refractivity contribution < 1.29 is 18.4 Å². The second-order valence-electron chi connectivity index (χ2n) is 3.70. The molecule has 2 amide bonds. The highest BCUT2D eigenvalue weighted by Crippen LogP contribution is 2.17. The molecule has 0 N–H and O–H groups in total. The van der Waals surface area contributed by atoms with Gasteiger partial charge in [-0.15, -0.1) is 4.39 Å². The van der Waals surface area contributed by atoms with Crippen molar-refractivity contribution in [3.05, 3.63) is 30.1 Å². The summed E-state index contributed by atoms with van der Waals surface area (Å²) >= 11 is 0. The average Bonchev–Trinajstić information content (AvgIpc) is 2.30. The molecule has 0 radical (unpaired) electrons. The van der Waals surface area contributed by atoms with E-state index in [0.717, 1.165) is 4.90 Å². The molecule has 17 heavy (non-hydrogen) atoms. The smallest absolute Gasteiger partial charge is 0.309 e. The molecule has 4 nitrogen and oxygen atoms in total. The predicted octanol–water partition coefficient (Wildman–Crippen LogP) is 1.56. The average molecular weight is 240 g/mol. The first kappa shape index (κ1) is 11.5. The summed E-state index contributed by atoms with van der Waals surface area (Å²) in [5.41, 5.74) is 0.544. The van der Waals surface area contributed by atoms with E-state index in [9.17, 15) is 18.4 Å². The molecule has 1 saturated heterocycles. The van der Waals surface area contributed by atoms with Crippen molar-refractivity contribution in [3.63, 3.8) is 0 Å². The highest BCUT2D eigenvalue weighted by atomic mass is 19.1. The van der Waals surface area contributed by atoms with E-state index in [4.69, 9.17) is 0 Å². The lowest BCUT2D eigenvalue weighted by molar-refractivity contribution is -0.120. The molecule has 0 atom stereocenters. The number of anilines is 1. The summed E-state index contributed by atoms with van der Waals surface area (Å²) in [6.45, 7) is 0.0608. The summed E-state index contributed by atoms with van der Waals surface area (Å²) in [4.78, 5) is 24.4. The van der Waals surface area contributed by atoms with Crippen molar-refractivity contribution in [3.8, 4) is 0 Å². The number of carbonyl (C=O) groups is 2. The third kappa shape index (κ3) is 2.41. The van der Waals surface area contributed by atoms with Gasteiger partial charge in [0.15, 0.2) is 0 Å². The van der Waals surface area contributed by atoms with Gasteiger partial charge in [-0.05, 0) is 24.3 Å². The van der Waals surface area contributed by atoms with Crippen LogP contribution in [0.25, 0.3) is 0 Å². The van der Waals surface area contributed by atoms with Crippen molar-refractivity contribution in [2.24, 2.45) is 0 Å². The Labute approximate surface area is 96.4 Å². The highest BCUT2D eigenvalue weighted by Gasteiger charge is 2.27. The number of piperazine rings is 1. The van der Waals surface area contributed by atoms with Gasteiger partial charge in [0, 0.05) is 18.8 Å². The van der Waals surface area contributed by atoms with Crippen LogP contribution in [0, 0.1) is 5.82 Å². The van der Waals surface area contributed by atoms with Crippen molar-refractivity contribution >= 4 is 17.8 Å². The molecule has 1 fully saturated rings. The Morgan fingerprint density at radius 2 is 1.82 bits per heavy atom. The van der Waals surface area contributed by atoms with Gasteiger partial charge >= 0.3 is 6.16 Å². The maximum Gasteiger partial charge on any atom is 0.400 e. The van der Waals surface area contributed by atoms with E-state index in [1.54, 1.807) is 0 Å². The zero-order chi connectivity index (χ0) is 12.4. The van der Waals surface area contributed by atoms with E-state index < -0.39 is 12.0 Å². The van der Waals surface area contributed by atoms with Crippen molar-refractivity contribution in [1.82, 2.24) is 4.90 Å². The fraction of sp³-hybridized carbons (Fsp3) is 0.273. The molecule has 0 spiro atoms. The monoisotopic (exact) mass is 240 g/mol. The molecule has 0 bridgehead atoms. The van der Waals surface area contributed by atoms with E-state index in [-0.39, 0.29) is 25.5 Å². The molecule has 0 saturated carbocycles. The molecule has 6 heteroatoms. The lowest BCUT2D eigenvalue weighted by Gasteiger charge is -2.32. The first-order valence-electron chi connectivity index (χ1n) is 5.08. The Hall–Kier alpha value is -1.98. The minimum absolute atomic E-state index is 0.137. The quantitative estimate of drug-likeness (QED) is 0.552. The van der Waals surface area contributed by atoms with Crippen LogP contribution < -0.4 is 4.90 Å². The lowest BCUT2D eigenvalue weighted by atomic mass is 10.2. The van der Waals surface area contributed by atoms with Gasteiger partial charge in [-0.3, -0.25) is 4.79 Å². The van der Waals surface area contributed by atoms with Crippen LogP contribution in [0.3, 0.4) is 0 Å². The van der Waals surface area contributed by atoms with Crippen molar-refractivity contribution in [1.29, 1.82) is 0 Å². The second-order valence-corrected chi connectivity index (χ2v) is 3.70. The van der Waals surface area contributed by atoms with Gasteiger partial charge in [-0.25, -0.2) is 9.18 Å². The molecule has 1 aliphatic rings. The van der Waals surface area contributed by atoms with Gasteiger partial charge in [0.2, 0.25) is 5.91 Å². The number of hydrogen-bond donors (Lipinski definition) is 0. The highest BCUT2D eigenvalue weighted by molar-refractivity contribution is 5.97. The van der Waals surface area contributed by atoms with Gasteiger partial charge in [0.05, 0.1) is 0 Å². The normalized spacial score (nSPS) is 16.2. The molecule has 0 aliphatic carbocycles. The molecule has 2 rings (SSSR count). The van der Waals surface area contributed by atoms with Crippen LogP contribution >= 0.6 is 0 Å². The molecule has 1 heterocycles. The Morgan fingerprint density at radius 1 is 1.18 bits per heavy atom. The summed E-state index contributed by atoms with van der Waals surface area (Å²) in [7, 11) is 0. The molecule has 1 aromatic rings. The van der Waals surface area contributed by atoms with E-state index in [1.165, 1.54) is 29.2 Å². The Morgan fingerprint density at radius 3 is 2.35 bits per heavy atom. The van der Waals surface area contributed by atoms with Crippen LogP contribution in [0.5, 0.6) is 0 Å². The van der Waals surface area contributed by atoms with Crippen LogP contribution in [0.2, 0.25) is 0 Å². The van der Waals surface area contributed by atoms with Crippen LogP contribution in [0.15, 0.2) is 24.3 Å². The minimum atomic E-state index is -1.60. The number of halogens is 2. The standard InChI is InChI=1S/C11H10F2N2O2/c12-8-1-3-9(4-2-8)15-6-5-14(11(13)17)7-10(15)16/h1-4H,5-7H2. The topological polar surface area (TPSA) is 40.6 Å². The summed E-state index contributed by atoms with van der Waals surface area (Å²) in [6.07, 6.45) is -1.60. The number of nitrogens with zero attached hydrogens (tertiary/aromatic N) is 2. The fourth-order valence-electron chi connectivity index (χ4n) is 1.72.